The second-order valence-corrected chi connectivity index (χ2v) is 8.26. The molecule has 2 N–H and O–H groups in total. The second-order valence-electron chi connectivity index (χ2n) is 7.44. The molecular weight excluding hydrogens is 428 g/mol. The zero-order chi connectivity index (χ0) is 21.3. The number of halogens is 5. The van der Waals surface area contributed by atoms with Gasteiger partial charge in [-0.05, 0) is 49.3 Å². The minimum absolute atomic E-state index is 0.0779. The highest BCUT2D eigenvalue weighted by molar-refractivity contribution is 6.42. The van der Waals surface area contributed by atoms with Crippen LogP contribution in [-0.4, -0.2) is 41.2 Å². The van der Waals surface area contributed by atoms with Crippen LogP contribution in [0.4, 0.5) is 13.2 Å². The molecule has 0 spiro atoms. The molecule has 1 heterocycles. The van der Waals surface area contributed by atoms with Crippen molar-refractivity contribution in [3.8, 4) is 0 Å². The van der Waals surface area contributed by atoms with Crippen molar-refractivity contribution in [2.24, 2.45) is 0 Å². The van der Waals surface area contributed by atoms with Crippen LogP contribution in [0.3, 0.4) is 0 Å². The summed E-state index contributed by atoms with van der Waals surface area (Å²) in [7, 11) is 0. The zero-order valence-corrected chi connectivity index (χ0v) is 17.0. The van der Waals surface area contributed by atoms with E-state index >= 15 is 0 Å². The zero-order valence-electron chi connectivity index (χ0n) is 15.5. The fourth-order valence-electron chi connectivity index (χ4n) is 3.84. The predicted octanol–water partition coefficient (Wildman–Crippen LogP) is 5.34. The van der Waals surface area contributed by atoms with Gasteiger partial charge in [0.25, 0.3) is 5.91 Å². The van der Waals surface area contributed by atoms with Crippen LogP contribution in [0.25, 0.3) is 0 Å². The van der Waals surface area contributed by atoms with Crippen molar-refractivity contribution in [3.05, 3.63) is 57.4 Å². The maximum absolute atomic E-state index is 12.6. The molecule has 0 bridgehead atoms. The monoisotopic (exact) mass is 448 g/mol. The molecule has 1 saturated carbocycles. The Morgan fingerprint density at radius 2 is 1.86 bits per heavy atom. The molecule has 9 heteroatoms. The first-order chi connectivity index (χ1) is 13.5. The van der Waals surface area contributed by atoms with E-state index in [1.165, 1.54) is 0 Å². The second kappa shape index (κ2) is 8.48. The number of carbonyl (C=O) groups excluding carboxylic acids is 1. The smallest absolute Gasteiger partial charge is 0.405 e. The summed E-state index contributed by atoms with van der Waals surface area (Å²) in [6, 6.07) is 5.46. The third-order valence-electron chi connectivity index (χ3n) is 5.41. The van der Waals surface area contributed by atoms with Crippen LogP contribution in [0.2, 0.25) is 10.0 Å². The number of nitrogens with one attached hydrogen (secondary N) is 1. The predicted molar refractivity (Wildman–Crippen MR) is 106 cm³/mol. The minimum atomic E-state index is -4.45. The lowest BCUT2D eigenvalue weighted by molar-refractivity contribution is -0.140. The first kappa shape index (κ1) is 21.8. The highest BCUT2D eigenvalue weighted by Gasteiger charge is 2.38. The van der Waals surface area contributed by atoms with E-state index in [1.807, 2.05) is 12.1 Å². The number of aliphatic hydroxyl groups is 1. The largest absolute Gasteiger partial charge is 0.505 e. The van der Waals surface area contributed by atoms with Gasteiger partial charge in [-0.25, -0.2) is 0 Å². The van der Waals surface area contributed by atoms with Crippen molar-refractivity contribution in [3.63, 3.8) is 0 Å². The Kier molecular flexibility index (Phi) is 6.39. The summed E-state index contributed by atoms with van der Waals surface area (Å²) in [5.74, 6) is -0.721. The van der Waals surface area contributed by atoms with E-state index < -0.39 is 24.4 Å². The van der Waals surface area contributed by atoms with Crippen molar-refractivity contribution in [1.29, 1.82) is 0 Å². The van der Waals surface area contributed by atoms with Gasteiger partial charge in [0.1, 0.15) is 12.3 Å². The molecule has 2 aliphatic rings. The van der Waals surface area contributed by atoms with E-state index in [9.17, 15) is 23.1 Å². The number of alkyl halides is 3. The van der Waals surface area contributed by atoms with Crippen molar-refractivity contribution < 1.29 is 23.1 Å². The van der Waals surface area contributed by atoms with Crippen LogP contribution in [0.5, 0.6) is 0 Å². The van der Waals surface area contributed by atoms with Gasteiger partial charge in [0.2, 0.25) is 0 Å². The lowest BCUT2D eigenvalue weighted by Crippen LogP contribution is -2.39. The normalized spacial score (nSPS) is 22.9. The molecule has 1 fully saturated rings. The number of rotatable bonds is 4. The summed E-state index contributed by atoms with van der Waals surface area (Å²) < 4.78 is 37.9. The number of aliphatic hydroxyl groups excluding tert-OH is 1. The highest BCUT2D eigenvalue weighted by atomic mass is 35.5. The van der Waals surface area contributed by atoms with Gasteiger partial charge >= 0.3 is 6.18 Å². The summed E-state index contributed by atoms with van der Waals surface area (Å²) >= 11 is 12.0. The van der Waals surface area contributed by atoms with Gasteiger partial charge in [0.05, 0.1) is 27.9 Å². The highest BCUT2D eigenvalue weighted by Crippen LogP contribution is 2.36. The first-order valence-electron chi connectivity index (χ1n) is 9.24. The van der Waals surface area contributed by atoms with Gasteiger partial charge in [-0.15, -0.1) is 0 Å². The molecule has 0 atom stereocenters. The van der Waals surface area contributed by atoms with Gasteiger partial charge in [-0.2, -0.15) is 13.2 Å². The number of benzene rings is 1. The van der Waals surface area contributed by atoms with Crippen molar-refractivity contribution in [2.75, 3.05) is 13.1 Å². The molecule has 0 unspecified atom stereocenters. The SMILES string of the molecule is C=C1C(O)=C(C(=O)NC2CCC(c3ccc(Cl)c(Cl)c3)CC2)CN1CC(F)(F)F. The Labute approximate surface area is 177 Å². The fourth-order valence-corrected chi connectivity index (χ4v) is 4.15. The summed E-state index contributed by atoms with van der Waals surface area (Å²) in [6.07, 6.45) is -1.34. The fraction of sp³-hybridized carbons (Fsp3) is 0.450. The molecule has 1 aliphatic heterocycles. The molecule has 4 nitrogen and oxygen atoms in total. The average Bonchev–Trinajstić information content (AvgIpc) is 2.92. The number of amides is 1. The molecule has 0 saturated heterocycles. The molecule has 0 radical (unpaired) electrons. The van der Waals surface area contributed by atoms with E-state index in [0.717, 1.165) is 36.1 Å². The summed E-state index contributed by atoms with van der Waals surface area (Å²) in [5, 5.41) is 13.9. The van der Waals surface area contributed by atoms with Gasteiger partial charge < -0.3 is 15.3 Å². The summed E-state index contributed by atoms with van der Waals surface area (Å²) in [6.45, 7) is 1.88. The van der Waals surface area contributed by atoms with Crippen molar-refractivity contribution in [2.45, 2.75) is 43.8 Å². The Balaban J connectivity index is 1.56. The third-order valence-corrected chi connectivity index (χ3v) is 6.15. The standard InChI is InChI=1S/C20H21Cl2F3N2O2/c1-11-18(28)15(9-27(11)10-20(23,24)25)19(29)26-14-5-2-12(3-6-14)13-4-7-16(21)17(22)8-13/h4,7-8,12,14,28H,1-3,5-6,9-10H2,(H,26,29). The minimum Gasteiger partial charge on any atom is -0.505 e. The van der Waals surface area contributed by atoms with E-state index in [4.69, 9.17) is 23.2 Å². The van der Waals surface area contributed by atoms with Gasteiger partial charge in [0.15, 0.2) is 0 Å². The number of hydrogen-bond acceptors (Lipinski definition) is 3. The van der Waals surface area contributed by atoms with Crippen LogP contribution in [0, 0.1) is 0 Å². The van der Waals surface area contributed by atoms with Gasteiger partial charge in [0, 0.05) is 6.04 Å². The summed E-state index contributed by atoms with van der Waals surface area (Å²) in [5.41, 5.74) is 0.834. The first-order valence-corrected chi connectivity index (χ1v) is 9.99. The molecule has 1 aromatic carbocycles. The van der Waals surface area contributed by atoms with Gasteiger partial charge in [-0.1, -0.05) is 35.8 Å². The molecule has 158 valence electrons. The molecule has 1 amide bonds. The topological polar surface area (TPSA) is 52.6 Å². The van der Waals surface area contributed by atoms with Crippen LogP contribution in [-0.2, 0) is 4.79 Å². The molecule has 3 rings (SSSR count). The summed E-state index contributed by atoms with van der Waals surface area (Å²) in [4.78, 5) is 13.4. The molecule has 1 aliphatic carbocycles. The maximum Gasteiger partial charge on any atom is 0.405 e. The van der Waals surface area contributed by atoms with E-state index in [1.54, 1.807) is 6.07 Å². The Hall–Kier alpha value is -1.86. The Bertz CT molecular complexity index is 847. The van der Waals surface area contributed by atoms with E-state index in [-0.39, 0.29) is 23.9 Å². The lowest BCUT2D eigenvalue weighted by Gasteiger charge is -2.29. The maximum atomic E-state index is 12.6. The lowest BCUT2D eigenvalue weighted by atomic mass is 9.81. The van der Waals surface area contributed by atoms with Crippen molar-refractivity contribution in [1.82, 2.24) is 10.2 Å². The van der Waals surface area contributed by atoms with E-state index in [0.29, 0.717) is 16.0 Å². The molecule has 0 aromatic heterocycles. The van der Waals surface area contributed by atoms with Crippen LogP contribution >= 0.6 is 23.2 Å². The van der Waals surface area contributed by atoms with Crippen LogP contribution in [0.15, 0.2) is 41.8 Å². The Morgan fingerprint density at radius 3 is 2.45 bits per heavy atom. The molecule has 29 heavy (non-hydrogen) atoms. The number of carbonyl (C=O) groups is 1. The number of nitrogens with zero attached hydrogens (tertiary/aromatic N) is 1. The van der Waals surface area contributed by atoms with Crippen LogP contribution < -0.4 is 5.32 Å². The molecular formula is C20H21Cl2F3N2O2. The van der Waals surface area contributed by atoms with Crippen molar-refractivity contribution >= 4 is 29.1 Å². The Morgan fingerprint density at radius 1 is 1.21 bits per heavy atom. The van der Waals surface area contributed by atoms with E-state index in [2.05, 4.69) is 11.9 Å². The van der Waals surface area contributed by atoms with Gasteiger partial charge in [-0.3, -0.25) is 4.79 Å². The van der Waals surface area contributed by atoms with Crippen LogP contribution in [0.1, 0.15) is 37.2 Å². The quantitative estimate of drug-likeness (QED) is 0.653. The third kappa shape index (κ3) is 5.20. The molecule has 1 aromatic rings. The average molecular weight is 449 g/mol. The number of hydrogen-bond donors (Lipinski definition) is 2.